The van der Waals surface area contributed by atoms with Gasteiger partial charge in [0.1, 0.15) is 11.8 Å². The Hall–Kier alpha value is -2.89. The summed E-state index contributed by atoms with van der Waals surface area (Å²) in [5.74, 6) is 0.357. The number of pyridine rings is 2. The molecule has 1 amide bonds. The largest absolute Gasteiger partial charge is 0.446 e. The van der Waals surface area contributed by atoms with Gasteiger partial charge in [0.25, 0.3) is 0 Å². The van der Waals surface area contributed by atoms with E-state index in [9.17, 15) is 4.79 Å². The van der Waals surface area contributed by atoms with Crippen LogP contribution < -0.4 is 5.32 Å². The minimum Gasteiger partial charge on any atom is -0.446 e. The van der Waals surface area contributed by atoms with E-state index >= 15 is 0 Å². The first-order valence-corrected chi connectivity index (χ1v) is 9.86. The normalized spacial score (nSPS) is 19.3. The van der Waals surface area contributed by atoms with Crippen LogP contribution in [0.5, 0.6) is 0 Å². The molecule has 4 rings (SSSR count). The smallest absolute Gasteiger partial charge is 0.407 e. The van der Waals surface area contributed by atoms with Crippen LogP contribution >= 0.6 is 0 Å². The van der Waals surface area contributed by atoms with Crippen molar-refractivity contribution < 1.29 is 9.53 Å². The summed E-state index contributed by atoms with van der Waals surface area (Å²) in [7, 11) is 0. The van der Waals surface area contributed by atoms with Crippen molar-refractivity contribution in [1.29, 1.82) is 0 Å². The molecule has 0 unspecified atom stereocenters. The van der Waals surface area contributed by atoms with Gasteiger partial charge in [0.2, 0.25) is 0 Å². The van der Waals surface area contributed by atoms with Crippen LogP contribution in [0.15, 0.2) is 36.9 Å². The van der Waals surface area contributed by atoms with E-state index in [1.807, 2.05) is 44.7 Å². The number of rotatable bonds is 4. The number of aromatic nitrogens is 3. The topological polar surface area (TPSA) is 79.9 Å². The zero-order valence-electron chi connectivity index (χ0n) is 16.5. The van der Waals surface area contributed by atoms with Crippen LogP contribution in [-0.2, 0) is 4.74 Å². The van der Waals surface area contributed by atoms with Gasteiger partial charge in [0.05, 0.1) is 0 Å². The van der Waals surface area contributed by atoms with E-state index < -0.39 is 0 Å². The second kappa shape index (κ2) is 7.62. The molecule has 3 aromatic rings. The lowest BCUT2D eigenvalue weighted by Crippen LogP contribution is -2.33. The first-order chi connectivity index (χ1) is 13.5. The fourth-order valence-corrected chi connectivity index (χ4v) is 4.01. The molecule has 0 aromatic carbocycles. The van der Waals surface area contributed by atoms with Gasteiger partial charge in [-0.15, -0.1) is 0 Å². The molecule has 0 aliphatic heterocycles. The van der Waals surface area contributed by atoms with E-state index in [0.29, 0.717) is 5.92 Å². The average molecular weight is 378 g/mol. The Bertz CT molecular complexity index is 995. The molecule has 0 radical (unpaired) electrons. The minimum absolute atomic E-state index is 0.0346. The van der Waals surface area contributed by atoms with Crippen LogP contribution in [0.1, 0.15) is 50.2 Å². The Labute approximate surface area is 164 Å². The monoisotopic (exact) mass is 378 g/mol. The number of aryl methyl sites for hydroxylation is 1. The number of ether oxygens (including phenoxy) is 1. The Kier molecular flexibility index (Phi) is 5.03. The predicted octanol–water partition coefficient (Wildman–Crippen LogP) is 4.70. The van der Waals surface area contributed by atoms with Crippen molar-refractivity contribution >= 4 is 17.1 Å². The van der Waals surface area contributed by atoms with Crippen molar-refractivity contribution in [3.05, 3.63) is 48.0 Å². The molecule has 0 spiro atoms. The second-order valence-electron chi connectivity index (χ2n) is 7.89. The number of fused-ring (bicyclic) bond motifs is 1. The van der Waals surface area contributed by atoms with E-state index in [-0.39, 0.29) is 18.2 Å². The van der Waals surface area contributed by atoms with Gasteiger partial charge in [-0.25, -0.2) is 9.78 Å². The van der Waals surface area contributed by atoms with Gasteiger partial charge in [-0.2, -0.15) is 0 Å². The molecule has 1 saturated carbocycles. The molecular weight excluding hydrogens is 352 g/mol. The van der Waals surface area contributed by atoms with Crippen LogP contribution in [0, 0.1) is 6.92 Å². The summed E-state index contributed by atoms with van der Waals surface area (Å²) in [6, 6.07) is 4.35. The Morgan fingerprint density at radius 1 is 1.29 bits per heavy atom. The summed E-state index contributed by atoms with van der Waals surface area (Å²) in [4.78, 5) is 24.0. The highest BCUT2D eigenvalue weighted by Crippen LogP contribution is 2.38. The first kappa shape index (κ1) is 18.5. The Morgan fingerprint density at radius 2 is 2.14 bits per heavy atom. The maximum absolute atomic E-state index is 11.9. The summed E-state index contributed by atoms with van der Waals surface area (Å²) < 4.78 is 5.57. The molecule has 1 aliphatic rings. The summed E-state index contributed by atoms with van der Waals surface area (Å²) >= 11 is 0. The number of alkyl carbamates (subject to hydrolysis) is 1. The molecule has 0 bridgehead atoms. The third kappa shape index (κ3) is 3.72. The van der Waals surface area contributed by atoms with Crippen molar-refractivity contribution in [2.75, 3.05) is 0 Å². The maximum atomic E-state index is 11.9. The van der Waals surface area contributed by atoms with E-state index in [1.54, 1.807) is 0 Å². The molecule has 1 aliphatic carbocycles. The zero-order chi connectivity index (χ0) is 19.7. The first-order valence-electron chi connectivity index (χ1n) is 9.86. The molecule has 3 heterocycles. The summed E-state index contributed by atoms with van der Waals surface area (Å²) in [5.41, 5.74) is 5.54. The molecule has 1 fully saturated rings. The number of hydrogen-bond donors (Lipinski definition) is 2. The van der Waals surface area contributed by atoms with Crippen molar-refractivity contribution in [3.8, 4) is 11.1 Å². The third-order valence-electron chi connectivity index (χ3n) is 5.40. The standard InChI is InChI=1S/C22H26N4O2/c1-13(2)26-22(27)28-17-5-4-15(8-17)16-9-19-20(12-25-21(19)24-11-16)18-6-7-23-10-14(18)3/h6-7,9-13,15,17H,4-5,8H2,1-3H3,(H,24,25)(H,26,27)/t15-,17+/m0/s1. The van der Waals surface area contributed by atoms with Crippen LogP contribution in [0.2, 0.25) is 0 Å². The molecule has 2 atom stereocenters. The maximum Gasteiger partial charge on any atom is 0.407 e. The molecular formula is C22H26N4O2. The number of nitrogens with one attached hydrogen (secondary N) is 2. The lowest BCUT2D eigenvalue weighted by Gasteiger charge is -2.15. The zero-order valence-corrected chi connectivity index (χ0v) is 16.5. The van der Waals surface area contributed by atoms with Gasteiger partial charge in [-0.05, 0) is 74.8 Å². The van der Waals surface area contributed by atoms with Crippen LogP contribution in [0.4, 0.5) is 4.79 Å². The van der Waals surface area contributed by atoms with Gasteiger partial charge >= 0.3 is 6.09 Å². The van der Waals surface area contributed by atoms with Gasteiger partial charge in [-0.1, -0.05) is 0 Å². The molecule has 2 N–H and O–H groups in total. The molecule has 0 saturated heterocycles. The lowest BCUT2D eigenvalue weighted by atomic mass is 9.96. The molecule has 6 heteroatoms. The number of amides is 1. The van der Waals surface area contributed by atoms with Gasteiger partial charge in [0.15, 0.2) is 0 Å². The number of carbonyl (C=O) groups excluding carboxylic acids is 1. The van der Waals surface area contributed by atoms with Crippen molar-refractivity contribution in [1.82, 2.24) is 20.3 Å². The number of H-pyrrole nitrogens is 1. The second-order valence-corrected chi connectivity index (χ2v) is 7.89. The summed E-state index contributed by atoms with van der Waals surface area (Å²) in [6.45, 7) is 5.93. The van der Waals surface area contributed by atoms with E-state index in [1.165, 1.54) is 5.56 Å². The molecule has 6 nitrogen and oxygen atoms in total. The summed E-state index contributed by atoms with van der Waals surface area (Å²) in [6.07, 6.45) is 10.0. The average Bonchev–Trinajstić information content (AvgIpc) is 3.28. The molecule has 28 heavy (non-hydrogen) atoms. The van der Waals surface area contributed by atoms with Gasteiger partial charge in [0, 0.05) is 41.8 Å². The Morgan fingerprint density at radius 3 is 2.93 bits per heavy atom. The number of carbonyl (C=O) groups is 1. The van der Waals surface area contributed by atoms with Crippen LogP contribution in [0.3, 0.4) is 0 Å². The minimum atomic E-state index is -0.324. The van der Waals surface area contributed by atoms with E-state index in [0.717, 1.165) is 47.0 Å². The van der Waals surface area contributed by atoms with Crippen LogP contribution in [-0.4, -0.2) is 33.2 Å². The van der Waals surface area contributed by atoms with E-state index in [2.05, 4.69) is 33.3 Å². The quantitative estimate of drug-likeness (QED) is 0.689. The van der Waals surface area contributed by atoms with Crippen molar-refractivity contribution in [3.63, 3.8) is 0 Å². The lowest BCUT2D eigenvalue weighted by molar-refractivity contribution is 0.0982. The molecule has 3 aromatic heterocycles. The number of nitrogens with zero attached hydrogens (tertiary/aromatic N) is 2. The highest BCUT2D eigenvalue weighted by Gasteiger charge is 2.29. The van der Waals surface area contributed by atoms with Crippen molar-refractivity contribution in [2.24, 2.45) is 0 Å². The SMILES string of the molecule is Cc1cnccc1-c1c[nH]c2ncc([C@H]3CC[C@@H](OC(=O)NC(C)C)C3)cc12. The van der Waals surface area contributed by atoms with E-state index in [4.69, 9.17) is 4.74 Å². The fraction of sp³-hybridized carbons (Fsp3) is 0.409. The van der Waals surface area contributed by atoms with Gasteiger partial charge < -0.3 is 15.0 Å². The number of hydrogen-bond acceptors (Lipinski definition) is 4. The number of aromatic amines is 1. The molecule has 146 valence electrons. The highest BCUT2D eigenvalue weighted by molar-refractivity contribution is 5.94. The predicted molar refractivity (Wildman–Crippen MR) is 109 cm³/mol. The Balaban J connectivity index is 1.55. The van der Waals surface area contributed by atoms with Crippen LogP contribution in [0.25, 0.3) is 22.2 Å². The fourth-order valence-electron chi connectivity index (χ4n) is 4.01. The van der Waals surface area contributed by atoms with Crippen molar-refractivity contribution in [2.45, 2.75) is 58.1 Å². The summed E-state index contributed by atoms with van der Waals surface area (Å²) in [5, 5.41) is 3.91. The highest BCUT2D eigenvalue weighted by atomic mass is 16.6. The van der Waals surface area contributed by atoms with Gasteiger partial charge in [-0.3, -0.25) is 4.98 Å². The third-order valence-corrected chi connectivity index (χ3v) is 5.40.